The van der Waals surface area contributed by atoms with Gasteiger partial charge in [0, 0.05) is 13.1 Å². The molecule has 0 saturated heterocycles. The Balaban J connectivity index is 2.39. The third kappa shape index (κ3) is 3.41. The molecule has 116 valence electrons. The number of fused-ring (bicyclic) bond motifs is 1. The summed E-state index contributed by atoms with van der Waals surface area (Å²) in [6.07, 6.45) is 3.59. The Morgan fingerprint density at radius 2 is 1.76 bits per heavy atom. The summed E-state index contributed by atoms with van der Waals surface area (Å²) in [4.78, 5) is 0.174. The Bertz CT molecular complexity index is 674. The maximum absolute atomic E-state index is 12.9. The van der Waals surface area contributed by atoms with Crippen LogP contribution in [0.3, 0.4) is 0 Å². The average molecular weight is 311 g/mol. The quantitative estimate of drug-likeness (QED) is 0.749. The highest BCUT2D eigenvalue weighted by Crippen LogP contribution is 2.24. The average Bonchev–Trinajstić information content (AvgIpc) is 2.95. The van der Waals surface area contributed by atoms with Crippen LogP contribution in [0.4, 0.5) is 0 Å². The van der Waals surface area contributed by atoms with Gasteiger partial charge < -0.3 is 0 Å². The van der Waals surface area contributed by atoms with Crippen LogP contribution in [0.1, 0.15) is 39.5 Å². The van der Waals surface area contributed by atoms with Crippen molar-refractivity contribution in [3.63, 3.8) is 0 Å². The van der Waals surface area contributed by atoms with E-state index in [4.69, 9.17) is 0 Å². The molecule has 0 radical (unpaired) electrons. The minimum atomic E-state index is -3.57. The Labute approximate surface area is 125 Å². The molecular weight excluding hydrogens is 290 g/mol. The number of unbranched alkanes of at least 4 members (excludes halogenated alkanes) is 2. The highest BCUT2D eigenvalue weighted by Gasteiger charge is 2.27. The van der Waals surface area contributed by atoms with Crippen LogP contribution in [0.15, 0.2) is 27.7 Å². The number of sulfonamides is 1. The molecule has 21 heavy (non-hydrogen) atoms. The van der Waals surface area contributed by atoms with Crippen LogP contribution < -0.4 is 0 Å². The van der Waals surface area contributed by atoms with Gasteiger partial charge in [0.1, 0.15) is 10.4 Å². The van der Waals surface area contributed by atoms with Gasteiger partial charge in [-0.15, -0.1) is 0 Å². The Hall–Kier alpha value is -1.47. The fourth-order valence-corrected chi connectivity index (χ4v) is 3.80. The molecule has 1 aromatic carbocycles. The molecule has 0 N–H and O–H groups in total. The van der Waals surface area contributed by atoms with Crippen LogP contribution in [0, 0.1) is 0 Å². The SMILES string of the molecule is CCCCN(CCCC)S(=O)(=O)c1cccc2nonc12. The van der Waals surface area contributed by atoms with Crippen molar-refractivity contribution in [1.29, 1.82) is 0 Å². The summed E-state index contributed by atoms with van der Waals surface area (Å²) in [6, 6.07) is 4.91. The van der Waals surface area contributed by atoms with E-state index in [9.17, 15) is 8.42 Å². The number of aromatic nitrogens is 2. The molecule has 7 heteroatoms. The molecule has 0 amide bonds. The summed E-state index contributed by atoms with van der Waals surface area (Å²) >= 11 is 0. The normalized spacial score (nSPS) is 12.3. The summed E-state index contributed by atoms with van der Waals surface area (Å²) in [6.45, 7) is 5.15. The van der Waals surface area contributed by atoms with E-state index in [1.165, 1.54) is 0 Å². The van der Waals surface area contributed by atoms with Gasteiger partial charge in [0.05, 0.1) is 0 Å². The van der Waals surface area contributed by atoms with E-state index in [-0.39, 0.29) is 4.90 Å². The highest BCUT2D eigenvalue weighted by atomic mass is 32.2. The Kier molecular flexibility index (Phi) is 5.30. The Morgan fingerprint density at radius 1 is 1.10 bits per heavy atom. The van der Waals surface area contributed by atoms with Crippen LogP contribution in [0.5, 0.6) is 0 Å². The molecule has 0 fully saturated rings. The number of rotatable bonds is 8. The minimum Gasteiger partial charge on any atom is -0.243 e. The topological polar surface area (TPSA) is 76.3 Å². The van der Waals surface area contributed by atoms with E-state index in [1.807, 2.05) is 13.8 Å². The molecule has 2 aromatic rings. The molecule has 1 aromatic heterocycles. The predicted octanol–water partition coefficient (Wildman–Crippen LogP) is 2.81. The first kappa shape index (κ1) is 15.9. The van der Waals surface area contributed by atoms with Crippen molar-refractivity contribution < 1.29 is 13.0 Å². The molecule has 0 bridgehead atoms. The molecule has 0 spiro atoms. The molecule has 0 saturated carbocycles. The Morgan fingerprint density at radius 3 is 2.38 bits per heavy atom. The number of nitrogens with zero attached hydrogens (tertiary/aromatic N) is 3. The third-order valence-electron chi connectivity index (χ3n) is 3.39. The second-order valence-corrected chi connectivity index (χ2v) is 6.91. The van der Waals surface area contributed by atoms with Crippen molar-refractivity contribution in [2.24, 2.45) is 0 Å². The van der Waals surface area contributed by atoms with Crippen LogP contribution in [-0.4, -0.2) is 36.1 Å². The van der Waals surface area contributed by atoms with E-state index in [0.29, 0.717) is 24.1 Å². The first-order chi connectivity index (χ1) is 10.1. The molecule has 0 aliphatic heterocycles. The maximum Gasteiger partial charge on any atom is 0.245 e. The van der Waals surface area contributed by atoms with Crippen molar-refractivity contribution in [3.05, 3.63) is 18.2 Å². The van der Waals surface area contributed by atoms with E-state index < -0.39 is 10.0 Å². The van der Waals surface area contributed by atoms with Crippen molar-refractivity contribution >= 4 is 21.1 Å². The highest BCUT2D eigenvalue weighted by molar-refractivity contribution is 7.89. The maximum atomic E-state index is 12.9. The van der Waals surface area contributed by atoms with Gasteiger partial charge >= 0.3 is 0 Å². The minimum absolute atomic E-state index is 0.174. The molecule has 2 rings (SSSR count). The van der Waals surface area contributed by atoms with Crippen molar-refractivity contribution in [2.75, 3.05) is 13.1 Å². The van der Waals surface area contributed by atoms with Gasteiger partial charge in [0.25, 0.3) is 0 Å². The summed E-state index contributed by atoms with van der Waals surface area (Å²) < 4.78 is 31.9. The summed E-state index contributed by atoms with van der Waals surface area (Å²) in [5.74, 6) is 0. The van der Waals surface area contributed by atoms with Crippen LogP contribution >= 0.6 is 0 Å². The first-order valence-corrected chi connectivity index (χ1v) is 8.76. The lowest BCUT2D eigenvalue weighted by Gasteiger charge is -2.21. The third-order valence-corrected chi connectivity index (χ3v) is 5.32. The van der Waals surface area contributed by atoms with Gasteiger partial charge in [-0.1, -0.05) is 32.8 Å². The number of hydrogen-bond acceptors (Lipinski definition) is 5. The molecule has 0 atom stereocenters. The monoisotopic (exact) mass is 311 g/mol. The number of benzene rings is 1. The zero-order chi connectivity index (χ0) is 15.3. The molecule has 1 heterocycles. The fourth-order valence-electron chi connectivity index (χ4n) is 2.15. The predicted molar refractivity (Wildman–Crippen MR) is 80.4 cm³/mol. The smallest absolute Gasteiger partial charge is 0.243 e. The van der Waals surface area contributed by atoms with Gasteiger partial charge in [0.2, 0.25) is 10.0 Å². The summed E-state index contributed by atoms with van der Waals surface area (Å²) in [5.41, 5.74) is 0.762. The van der Waals surface area contributed by atoms with Crippen LogP contribution in [0.2, 0.25) is 0 Å². The van der Waals surface area contributed by atoms with Crippen LogP contribution in [-0.2, 0) is 10.0 Å². The van der Waals surface area contributed by atoms with Crippen molar-refractivity contribution in [2.45, 2.75) is 44.4 Å². The summed E-state index contributed by atoms with van der Waals surface area (Å²) in [7, 11) is -3.57. The lowest BCUT2D eigenvalue weighted by Crippen LogP contribution is -2.33. The van der Waals surface area contributed by atoms with E-state index in [0.717, 1.165) is 25.7 Å². The molecule has 0 aliphatic carbocycles. The first-order valence-electron chi connectivity index (χ1n) is 7.32. The van der Waals surface area contributed by atoms with E-state index in [1.54, 1.807) is 22.5 Å². The molecule has 6 nitrogen and oxygen atoms in total. The second-order valence-electron chi connectivity index (χ2n) is 5.00. The summed E-state index contributed by atoms with van der Waals surface area (Å²) in [5, 5.41) is 7.44. The second kappa shape index (κ2) is 7.00. The zero-order valence-corrected chi connectivity index (χ0v) is 13.3. The lowest BCUT2D eigenvalue weighted by molar-refractivity contribution is 0.315. The van der Waals surface area contributed by atoms with Crippen LogP contribution in [0.25, 0.3) is 11.0 Å². The van der Waals surface area contributed by atoms with E-state index >= 15 is 0 Å². The molecule has 0 unspecified atom stereocenters. The standard InChI is InChI=1S/C14H21N3O3S/c1-3-5-10-17(11-6-4-2)21(18,19)13-9-7-8-12-14(13)16-20-15-12/h7-9H,3-6,10-11H2,1-2H3. The zero-order valence-electron chi connectivity index (χ0n) is 12.4. The van der Waals surface area contributed by atoms with Gasteiger partial charge in [-0.25, -0.2) is 13.0 Å². The van der Waals surface area contributed by atoms with Gasteiger partial charge in [-0.2, -0.15) is 4.31 Å². The largest absolute Gasteiger partial charge is 0.245 e. The van der Waals surface area contributed by atoms with Gasteiger partial charge in [-0.3, -0.25) is 0 Å². The molecular formula is C14H21N3O3S. The van der Waals surface area contributed by atoms with Crippen molar-refractivity contribution in [3.8, 4) is 0 Å². The fraction of sp³-hybridized carbons (Fsp3) is 0.571. The number of hydrogen-bond donors (Lipinski definition) is 0. The van der Waals surface area contributed by atoms with Crippen molar-refractivity contribution in [1.82, 2.24) is 14.6 Å². The van der Waals surface area contributed by atoms with E-state index in [2.05, 4.69) is 14.9 Å². The van der Waals surface area contributed by atoms with Gasteiger partial charge in [-0.05, 0) is 35.3 Å². The molecule has 0 aliphatic rings. The lowest BCUT2D eigenvalue weighted by atomic mass is 10.3. The van der Waals surface area contributed by atoms with Gasteiger partial charge in [0.15, 0.2) is 5.52 Å².